The molecular formula is C29H30ClN3O. The number of anilines is 2. The predicted octanol–water partition coefficient (Wildman–Crippen LogP) is 8.02. The van der Waals surface area contributed by atoms with Crippen LogP contribution in [0.4, 0.5) is 11.5 Å². The molecule has 34 heavy (non-hydrogen) atoms. The molecule has 0 radical (unpaired) electrons. The van der Waals surface area contributed by atoms with Gasteiger partial charge in [-0.15, -0.1) is 0 Å². The van der Waals surface area contributed by atoms with E-state index in [1.54, 1.807) is 6.26 Å². The highest BCUT2D eigenvalue weighted by atomic mass is 35.5. The number of nitrogens with zero attached hydrogens (tertiary/aromatic N) is 1. The highest BCUT2D eigenvalue weighted by Gasteiger charge is 2.21. The van der Waals surface area contributed by atoms with Gasteiger partial charge in [0.2, 0.25) is 0 Å². The maximum atomic E-state index is 6.98. The molecule has 1 saturated carbocycles. The summed E-state index contributed by atoms with van der Waals surface area (Å²) >= 11 is 6.98. The largest absolute Gasteiger partial charge is 0.467 e. The highest BCUT2D eigenvalue weighted by molar-refractivity contribution is 6.35. The van der Waals surface area contributed by atoms with E-state index >= 15 is 0 Å². The van der Waals surface area contributed by atoms with Gasteiger partial charge in [0.15, 0.2) is 0 Å². The third-order valence-electron chi connectivity index (χ3n) is 6.78. The van der Waals surface area contributed by atoms with Crippen LogP contribution in [-0.2, 0) is 6.54 Å². The number of hydrogen-bond donors (Lipinski definition) is 2. The van der Waals surface area contributed by atoms with E-state index in [1.165, 1.54) is 29.5 Å². The van der Waals surface area contributed by atoms with Gasteiger partial charge in [0, 0.05) is 29.6 Å². The molecule has 2 aromatic carbocycles. The summed E-state index contributed by atoms with van der Waals surface area (Å²) in [7, 11) is 0. The van der Waals surface area contributed by atoms with Gasteiger partial charge < -0.3 is 15.1 Å². The number of hydrogen-bond acceptors (Lipinski definition) is 4. The second kappa shape index (κ2) is 9.55. The second-order valence-electron chi connectivity index (χ2n) is 9.21. The van der Waals surface area contributed by atoms with E-state index in [2.05, 4.69) is 72.8 Å². The number of furan rings is 1. The average Bonchev–Trinajstić information content (AvgIpc) is 3.54. The Morgan fingerprint density at radius 3 is 2.26 bits per heavy atom. The fourth-order valence-corrected chi connectivity index (χ4v) is 4.81. The Morgan fingerprint density at radius 1 is 0.882 bits per heavy atom. The summed E-state index contributed by atoms with van der Waals surface area (Å²) in [6.45, 7) is 8.11. The molecule has 174 valence electrons. The van der Waals surface area contributed by atoms with Crippen LogP contribution in [0.25, 0.3) is 22.3 Å². The first kappa shape index (κ1) is 22.5. The van der Waals surface area contributed by atoms with Gasteiger partial charge in [-0.1, -0.05) is 23.7 Å². The monoisotopic (exact) mass is 471 g/mol. The Morgan fingerprint density at radius 2 is 1.62 bits per heavy atom. The third kappa shape index (κ3) is 4.69. The molecule has 0 atom stereocenters. The molecule has 5 heteroatoms. The lowest BCUT2D eigenvalue weighted by Crippen LogP contribution is -2.04. The van der Waals surface area contributed by atoms with Crippen LogP contribution in [0.15, 0.2) is 65.4 Å². The number of halogens is 1. The van der Waals surface area contributed by atoms with E-state index in [0.717, 1.165) is 57.0 Å². The van der Waals surface area contributed by atoms with Gasteiger partial charge in [-0.05, 0) is 104 Å². The SMILES string of the molecule is Cc1c(C)c(-c2ccc(NCC3CC3)nc2)c(Cl)c(C)c1-c1ccc(NCc2ccco2)cc1. The zero-order valence-corrected chi connectivity index (χ0v) is 20.7. The number of rotatable bonds is 8. The van der Waals surface area contributed by atoms with Gasteiger partial charge >= 0.3 is 0 Å². The minimum atomic E-state index is 0.660. The van der Waals surface area contributed by atoms with Crippen molar-refractivity contribution in [3.05, 3.63) is 88.5 Å². The normalized spacial score (nSPS) is 13.2. The molecule has 0 amide bonds. The lowest BCUT2D eigenvalue weighted by molar-refractivity contribution is 0.518. The van der Waals surface area contributed by atoms with Crippen molar-refractivity contribution in [3.8, 4) is 22.3 Å². The molecule has 0 unspecified atom stereocenters. The first-order chi connectivity index (χ1) is 16.5. The van der Waals surface area contributed by atoms with E-state index in [1.807, 2.05) is 18.3 Å². The molecule has 0 spiro atoms. The first-order valence-corrected chi connectivity index (χ1v) is 12.3. The Labute approximate surface area is 206 Å². The average molecular weight is 472 g/mol. The molecule has 0 saturated heterocycles. The number of aromatic nitrogens is 1. The quantitative estimate of drug-likeness (QED) is 0.273. The Bertz CT molecular complexity index is 1250. The molecule has 1 fully saturated rings. The standard InChI is InChI=1S/C29H30ClN3O/c1-18-19(2)28(23-10-13-26(33-16-23)32-15-21-6-7-21)29(30)20(3)27(18)22-8-11-24(12-9-22)31-17-25-5-4-14-34-25/h4-5,8-14,16,21,31H,6-7,15,17H2,1-3H3,(H,32,33). The summed E-state index contributed by atoms with van der Waals surface area (Å²) < 4.78 is 5.40. The lowest BCUT2D eigenvalue weighted by atomic mass is 9.87. The molecule has 1 aliphatic carbocycles. The molecule has 4 aromatic rings. The maximum absolute atomic E-state index is 6.98. The zero-order chi connectivity index (χ0) is 23.7. The summed E-state index contributed by atoms with van der Waals surface area (Å²) in [5.41, 5.74) is 9.04. The predicted molar refractivity (Wildman–Crippen MR) is 142 cm³/mol. The zero-order valence-electron chi connectivity index (χ0n) is 19.9. The van der Waals surface area contributed by atoms with Crippen molar-refractivity contribution in [2.75, 3.05) is 17.2 Å². The Kier molecular flexibility index (Phi) is 6.34. The molecule has 4 nitrogen and oxygen atoms in total. The van der Waals surface area contributed by atoms with Crippen molar-refractivity contribution >= 4 is 23.1 Å². The van der Waals surface area contributed by atoms with Crippen LogP contribution in [-0.4, -0.2) is 11.5 Å². The van der Waals surface area contributed by atoms with E-state index in [-0.39, 0.29) is 0 Å². The second-order valence-corrected chi connectivity index (χ2v) is 9.58. The molecular weight excluding hydrogens is 442 g/mol. The fraction of sp³-hybridized carbons (Fsp3) is 0.276. The molecule has 2 N–H and O–H groups in total. The van der Waals surface area contributed by atoms with Crippen LogP contribution in [0.3, 0.4) is 0 Å². The Balaban J connectivity index is 1.40. The molecule has 2 heterocycles. The van der Waals surface area contributed by atoms with Gasteiger partial charge in [-0.25, -0.2) is 4.98 Å². The van der Waals surface area contributed by atoms with Crippen LogP contribution in [0.1, 0.15) is 35.3 Å². The summed E-state index contributed by atoms with van der Waals surface area (Å²) in [4.78, 5) is 4.64. The molecule has 1 aliphatic rings. The minimum absolute atomic E-state index is 0.660. The summed E-state index contributed by atoms with van der Waals surface area (Å²) in [5.74, 6) is 2.65. The van der Waals surface area contributed by atoms with E-state index in [9.17, 15) is 0 Å². The van der Waals surface area contributed by atoms with Gasteiger partial charge in [0.05, 0.1) is 17.8 Å². The number of benzene rings is 2. The van der Waals surface area contributed by atoms with E-state index in [4.69, 9.17) is 16.0 Å². The van der Waals surface area contributed by atoms with Crippen LogP contribution < -0.4 is 10.6 Å². The molecule has 5 rings (SSSR count). The topological polar surface area (TPSA) is 50.1 Å². The first-order valence-electron chi connectivity index (χ1n) is 11.9. The van der Waals surface area contributed by atoms with Crippen molar-refractivity contribution in [3.63, 3.8) is 0 Å². The lowest BCUT2D eigenvalue weighted by Gasteiger charge is -2.20. The van der Waals surface area contributed by atoms with E-state index < -0.39 is 0 Å². The van der Waals surface area contributed by atoms with Crippen molar-refractivity contribution < 1.29 is 4.42 Å². The van der Waals surface area contributed by atoms with Gasteiger partial charge in [-0.2, -0.15) is 0 Å². The molecule has 0 aliphatic heterocycles. The van der Waals surface area contributed by atoms with Gasteiger partial charge in [0.1, 0.15) is 11.6 Å². The van der Waals surface area contributed by atoms with Crippen LogP contribution in [0.2, 0.25) is 5.02 Å². The number of nitrogens with one attached hydrogen (secondary N) is 2. The minimum Gasteiger partial charge on any atom is -0.467 e. The van der Waals surface area contributed by atoms with Crippen LogP contribution in [0, 0.1) is 26.7 Å². The Hall–Kier alpha value is -3.24. The highest BCUT2D eigenvalue weighted by Crippen LogP contribution is 2.42. The van der Waals surface area contributed by atoms with Crippen molar-refractivity contribution in [2.45, 2.75) is 40.2 Å². The summed E-state index contributed by atoms with van der Waals surface area (Å²) in [6.07, 6.45) is 6.28. The molecule has 2 aromatic heterocycles. The van der Waals surface area contributed by atoms with Crippen LogP contribution in [0.5, 0.6) is 0 Å². The van der Waals surface area contributed by atoms with Gasteiger partial charge in [-0.3, -0.25) is 0 Å². The summed E-state index contributed by atoms with van der Waals surface area (Å²) in [5, 5.41) is 7.62. The third-order valence-corrected chi connectivity index (χ3v) is 7.25. The van der Waals surface area contributed by atoms with Crippen molar-refractivity contribution in [2.24, 2.45) is 5.92 Å². The summed E-state index contributed by atoms with van der Waals surface area (Å²) in [6, 6.07) is 16.5. The van der Waals surface area contributed by atoms with Crippen molar-refractivity contribution in [1.82, 2.24) is 4.98 Å². The smallest absolute Gasteiger partial charge is 0.125 e. The molecule has 0 bridgehead atoms. The van der Waals surface area contributed by atoms with Gasteiger partial charge in [0.25, 0.3) is 0 Å². The van der Waals surface area contributed by atoms with Crippen molar-refractivity contribution in [1.29, 1.82) is 0 Å². The van der Waals surface area contributed by atoms with E-state index in [0.29, 0.717) is 6.54 Å². The maximum Gasteiger partial charge on any atom is 0.125 e. The fourth-order valence-electron chi connectivity index (χ4n) is 4.47. The number of pyridine rings is 1. The van der Waals surface area contributed by atoms with Crippen LogP contribution >= 0.6 is 11.6 Å².